The second-order valence-corrected chi connectivity index (χ2v) is 8.72. The van der Waals surface area contributed by atoms with E-state index in [9.17, 15) is 4.79 Å². The number of amides is 1. The largest absolute Gasteiger partial charge is 0.341 e. The number of carbonyl (C=O) groups is 1. The minimum absolute atomic E-state index is 0.196. The maximum Gasteiger partial charge on any atom is 0.240 e. The number of carbonyl (C=O) groups excluding carboxylic acids is 1. The number of piperidine rings is 1. The average molecular weight is 366 g/mol. The van der Waals surface area contributed by atoms with Gasteiger partial charge < -0.3 is 4.90 Å². The third-order valence-electron chi connectivity index (χ3n) is 3.78. The molecule has 1 aliphatic rings. The highest BCUT2D eigenvalue weighted by atomic mass is 32.2. The molecule has 4 nitrogen and oxygen atoms in total. The molecule has 7 heteroatoms. The van der Waals surface area contributed by atoms with Crippen LogP contribution in [0.1, 0.15) is 30.1 Å². The summed E-state index contributed by atoms with van der Waals surface area (Å²) in [5.74, 6) is 0.196. The molecule has 1 unspecified atom stereocenters. The Morgan fingerprint density at radius 1 is 1.13 bits per heavy atom. The molecule has 0 saturated carbocycles. The number of likely N-dealkylation sites (tertiary alicyclic amines) is 1. The van der Waals surface area contributed by atoms with Crippen molar-refractivity contribution in [3.05, 3.63) is 35.9 Å². The normalized spacial score (nSPS) is 16.3. The molecule has 0 bridgehead atoms. The van der Waals surface area contributed by atoms with E-state index >= 15 is 0 Å². The Hall–Kier alpha value is -1.05. The number of aromatic nitrogens is 2. The van der Waals surface area contributed by atoms with Gasteiger partial charge in [-0.15, -0.1) is 10.2 Å². The van der Waals surface area contributed by atoms with Crippen LogP contribution in [0.2, 0.25) is 0 Å². The van der Waals surface area contributed by atoms with Crippen molar-refractivity contribution in [3.63, 3.8) is 0 Å². The molecule has 1 amide bonds. The van der Waals surface area contributed by atoms with Gasteiger partial charge >= 0.3 is 0 Å². The summed E-state index contributed by atoms with van der Waals surface area (Å²) >= 11 is 4.66. The number of hydrogen-bond donors (Lipinski definition) is 0. The smallest absolute Gasteiger partial charge is 0.240 e. The van der Waals surface area contributed by atoms with Crippen LogP contribution in [0.15, 0.2) is 39.0 Å². The van der Waals surface area contributed by atoms with Crippen LogP contribution in [0.5, 0.6) is 0 Å². The van der Waals surface area contributed by atoms with Gasteiger partial charge in [-0.1, -0.05) is 65.2 Å². The van der Waals surface area contributed by atoms with Crippen molar-refractivity contribution >= 4 is 40.8 Å². The standard InChI is InChI=1S/C16H19N3OS3/c1-21-15-17-18-16(23-15)22-13(12-8-4-2-5-9-12)14(20)19-10-6-3-7-11-19/h2,4-5,8-9,13H,3,6-7,10-11H2,1H3. The lowest BCUT2D eigenvalue weighted by molar-refractivity contribution is -0.131. The molecule has 1 atom stereocenters. The van der Waals surface area contributed by atoms with Gasteiger partial charge in [0.1, 0.15) is 5.25 Å². The maximum atomic E-state index is 13.0. The molecule has 122 valence electrons. The van der Waals surface area contributed by atoms with Gasteiger partial charge in [-0.25, -0.2) is 0 Å². The molecule has 0 spiro atoms. The van der Waals surface area contributed by atoms with Gasteiger partial charge in [0.15, 0.2) is 8.68 Å². The summed E-state index contributed by atoms with van der Waals surface area (Å²) in [6.45, 7) is 1.74. The van der Waals surface area contributed by atoms with Gasteiger partial charge in [0.05, 0.1) is 0 Å². The zero-order valence-corrected chi connectivity index (χ0v) is 15.4. The van der Waals surface area contributed by atoms with E-state index in [1.165, 1.54) is 18.2 Å². The Labute approximate surface area is 149 Å². The van der Waals surface area contributed by atoms with E-state index in [2.05, 4.69) is 10.2 Å². The van der Waals surface area contributed by atoms with Crippen molar-refractivity contribution in [3.8, 4) is 0 Å². The third kappa shape index (κ3) is 4.28. The van der Waals surface area contributed by atoms with Crippen LogP contribution < -0.4 is 0 Å². The summed E-state index contributed by atoms with van der Waals surface area (Å²) in [7, 11) is 0. The van der Waals surface area contributed by atoms with Crippen LogP contribution in [0.3, 0.4) is 0 Å². The monoisotopic (exact) mass is 365 g/mol. The predicted molar refractivity (Wildman–Crippen MR) is 97.2 cm³/mol. The summed E-state index contributed by atoms with van der Waals surface area (Å²) in [5, 5.41) is 8.12. The molecule has 1 aromatic heterocycles. The van der Waals surface area contributed by atoms with Gasteiger partial charge in [-0.2, -0.15) is 0 Å². The SMILES string of the molecule is CSc1nnc(SC(C(=O)N2CCCCC2)c2ccccc2)s1. The van der Waals surface area contributed by atoms with Crippen molar-refractivity contribution in [2.24, 2.45) is 0 Å². The van der Waals surface area contributed by atoms with Crippen LogP contribution in [0.4, 0.5) is 0 Å². The zero-order valence-electron chi connectivity index (χ0n) is 13.0. The van der Waals surface area contributed by atoms with Crippen molar-refractivity contribution < 1.29 is 4.79 Å². The Morgan fingerprint density at radius 3 is 2.48 bits per heavy atom. The lowest BCUT2D eigenvalue weighted by Crippen LogP contribution is -2.38. The molecule has 2 heterocycles. The molecular weight excluding hydrogens is 346 g/mol. The van der Waals surface area contributed by atoms with E-state index in [1.807, 2.05) is 41.5 Å². The fourth-order valence-electron chi connectivity index (χ4n) is 2.60. The molecular formula is C16H19N3OS3. The minimum Gasteiger partial charge on any atom is -0.341 e. The molecule has 2 aromatic rings. The van der Waals surface area contributed by atoms with Crippen LogP contribution in [0, 0.1) is 0 Å². The molecule has 1 saturated heterocycles. The van der Waals surface area contributed by atoms with Crippen LogP contribution in [-0.4, -0.2) is 40.3 Å². The molecule has 0 N–H and O–H groups in total. The van der Waals surface area contributed by atoms with E-state index in [-0.39, 0.29) is 11.2 Å². The van der Waals surface area contributed by atoms with Crippen LogP contribution >= 0.6 is 34.9 Å². The van der Waals surface area contributed by atoms with Crippen molar-refractivity contribution in [1.29, 1.82) is 0 Å². The second kappa shape index (κ2) is 8.17. The molecule has 23 heavy (non-hydrogen) atoms. The molecule has 0 aliphatic carbocycles. The molecule has 1 aromatic carbocycles. The Bertz CT molecular complexity index is 641. The summed E-state index contributed by atoms with van der Waals surface area (Å²) in [6.07, 6.45) is 5.42. The van der Waals surface area contributed by atoms with E-state index in [4.69, 9.17) is 0 Å². The Kier molecular flexibility index (Phi) is 5.96. The molecule has 0 radical (unpaired) electrons. The highest BCUT2D eigenvalue weighted by Gasteiger charge is 2.29. The second-order valence-electron chi connectivity index (χ2n) is 5.33. The topological polar surface area (TPSA) is 46.1 Å². The fourth-order valence-corrected chi connectivity index (χ4v) is 5.31. The quantitative estimate of drug-likeness (QED) is 0.746. The minimum atomic E-state index is -0.239. The number of thioether (sulfide) groups is 2. The van der Waals surface area contributed by atoms with Gasteiger partial charge in [0.2, 0.25) is 5.91 Å². The lowest BCUT2D eigenvalue weighted by Gasteiger charge is -2.30. The first-order valence-electron chi connectivity index (χ1n) is 7.66. The summed E-state index contributed by atoms with van der Waals surface area (Å²) in [5.41, 5.74) is 1.04. The van der Waals surface area contributed by atoms with Crippen molar-refractivity contribution in [1.82, 2.24) is 15.1 Å². The van der Waals surface area contributed by atoms with Crippen molar-refractivity contribution in [2.75, 3.05) is 19.3 Å². The van der Waals surface area contributed by atoms with Gasteiger partial charge in [0, 0.05) is 13.1 Å². The molecule has 1 fully saturated rings. The summed E-state index contributed by atoms with van der Waals surface area (Å²) < 4.78 is 1.79. The highest BCUT2D eigenvalue weighted by Crippen LogP contribution is 2.39. The van der Waals surface area contributed by atoms with E-state index in [1.54, 1.807) is 23.1 Å². The number of nitrogens with zero attached hydrogens (tertiary/aromatic N) is 3. The van der Waals surface area contributed by atoms with E-state index in [0.29, 0.717) is 0 Å². The predicted octanol–water partition coefficient (Wildman–Crippen LogP) is 4.11. The molecule has 1 aliphatic heterocycles. The van der Waals surface area contributed by atoms with Gasteiger partial charge in [-0.3, -0.25) is 4.79 Å². The first-order valence-corrected chi connectivity index (χ1v) is 10.6. The summed E-state index contributed by atoms with van der Waals surface area (Å²) in [4.78, 5) is 15.0. The van der Waals surface area contributed by atoms with E-state index in [0.717, 1.165) is 40.2 Å². The zero-order chi connectivity index (χ0) is 16.1. The van der Waals surface area contributed by atoms with Crippen LogP contribution in [-0.2, 0) is 4.79 Å². The molecule has 3 rings (SSSR count). The highest BCUT2D eigenvalue weighted by molar-refractivity contribution is 8.03. The lowest BCUT2D eigenvalue weighted by atomic mass is 10.1. The van der Waals surface area contributed by atoms with Crippen molar-refractivity contribution in [2.45, 2.75) is 33.2 Å². The van der Waals surface area contributed by atoms with Crippen LogP contribution in [0.25, 0.3) is 0 Å². The Morgan fingerprint density at radius 2 is 1.83 bits per heavy atom. The van der Waals surface area contributed by atoms with E-state index < -0.39 is 0 Å². The maximum absolute atomic E-state index is 13.0. The van der Waals surface area contributed by atoms with Gasteiger partial charge in [-0.05, 0) is 31.1 Å². The Balaban J connectivity index is 1.82. The number of rotatable bonds is 5. The first kappa shape index (κ1) is 16.8. The number of benzene rings is 1. The fraction of sp³-hybridized carbons (Fsp3) is 0.438. The summed E-state index contributed by atoms with van der Waals surface area (Å²) in [6, 6.07) is 10.00. The average Bonchev–Trinajstić information content (AvgIpc) is 3.08. The third-order valence-corrected chi connectivity index (χ3v) is 7.00. The number of hydrogen-bond acceptors (Lipinski definition) is 6. The van der Waals surface area contributed by atoms with Gasteiger partial charge in [0.25, 0.3) is 0 Å². The first-order chi connectivity index (χ1) is 11.3.